The van der Waals surface area contributed by atoms with E-state index in [-0.39, 0.29) is 11.3 Å². The molecule has 84 valence electrons. The Labute approximate surface area is 94.7 Å². The summed E-state index contributed by atoms with van der Waals surface area (Å²) >= 11 is 3.23. The largest absolute Gasteiger partial charge is 0.385 e. The summed E-state index contributed by atoms with van der Waals surface area (Å²) in [6, 6.07) is 0. The van der Waals surface area contributed by atoms with Crippen LogP contribution in [0.3, 0.4) is 0 Å². The van der Waals surface area contributed by atoms with Gasteiger partial charge in [-0.2, -0.15) is 0 Å². The standard InChI is InChI=1S/C10H20BrNO2/c1-10(2,5-7-14-3)8-12-9(13)4-6-11/h4-8H2,1-3H3,(H,12,13). The van der Waals surface area contributed by atoms with E-state index in [1.54, 1.807) is 7.11 Å². The van der Waals surface area contributed by atoms with Crippen molar-refractivity contribution in [3.8, 4) is 0 Å². The summed E-state index contributed by atoms with van der Waals surface area (Å²) in [5, 5.41) is 3.63. The molecule has 1 N–H and O–H groups in total. The average Bonchev–Trinajstić information content (AvgIpc) is 2.13. The van der Waals surface area contributed by atoms with Gasteiger partial charge in [0.1, 0.15) is 0 Å². The number of alkyl halides is 1. The van der Waals surface area contributed by atoms with Crippen LogP contribution in [-0.2, 0) is 9.53 Å². The van der Waals surface area contributed by atoms with Crippen molar-refractivity contribution in [3.05, 3.63) is 0 Å². The van der Waals surface area contributed by atoms with E-state index in [9.17, 15) is 4.79 Å². The van der Waals surface area contributed by atoms with Crippen LogP contribution >= 0.6 is 15.9 Å². The number of hydrogen-bond donors (Lipinski definition) is 1. The first-order valence-corrected chi connectivity index (χ1v) is 5.95. The number of ether oxygens (including phenoxy) is 1. The van der Waals surface area contributed by atoms with Crippen molar-refractivity contribution in [2.45, 2.75) is 26.7 Å². The van der Waals surface area contributed by atoms with E-state index in [4.69, 9.17) is 4.74 Å². The topological polar surface area (TPSA) is 38.3 Å². The molecular formula is C10H20BrNO2. The van der Waals surface area contributed by atoms with Crippen LogP contribution in [0.25, 0.3) is 0 Å². The van der Waals surface area contributed by atoms with Gasteiger partial charge in [0.15, 0.2) is 0 Å². The first kappa shape index (κ1) is 13.9. The summed E-state index contributed by atoms with van der Waals surface area (Å²) in [5.74, 6) is 0.104. The van der Waals surface area contributed by atoms with Gasteiger partial charge in [-0.05, 0) is 11.8 Å². The minimum Gasteiger partial charge on any atom is -0.385 e. The van der Waals surface area contributed by atoms with E-state index in [0.717, 1.165) is 18.4 Å². The first-order valence-electron chi connectivity index (χ1n) is 4.83. The van der Waals surface area contributed by atoms with Gasteiger partial charge in [0, 0.05) is 32.0 Å². The molecule has 0 aliphatic carbocycles. The second-order valence-electron chi connectivity index (χ2n) is 4.12. The molecular weight excluding hydrogens is 246 g/mol. The second-order valence-corrected chi connectivity index (χ2v) is 4.92. The third-order valence-electron chi connectivity index (χ3n) is 2.07. The Bertz CT molecular complexity index is 172. The maximum Gasteiger partial charge on any atom is 0.220 e. The highest BCUT2D eigenvalue weighted by Gasteiger charge is 2.18. The number of amides is 1. The average molecular weight is 266 g/mol. The SMILES string of the molecule is COCCC(C)(C)CNC(=O)CCBr. The first-order chi connectivity index (χ1) is 6.52. The number of nitrogens with one attached hydrogen (secondary N) is 1. The minimum atomic E-state index is 0.104. The van der Waals surface area contributed by atoms with Gasteiger partial charge in [0.05, 0.1) is 0 Å². The molecule has 0 rings (SSSR count). The van der Waals surface area contributed by atoms with Crippen molar-refractivity contribution in [2.75, 3.05) is 25.6 Å². The van der Waals surface area contributed by atoms with E-state index in [2.05, 4.69) is 35.1 Å². The predicted molar refractivity (Wildman–Crippen MR) is 61.7 cm³/mol. The molecule has 0 saturated heterocycles. The molecule has 0 aromatic rings. The third kappa shape index (κ3) is 7.33. The zero-order valence-electron chi connectivity index (χ0n) is 9.23. The highest BCUT2D eigenvalue weighted by Crippen LogP contribution is 2.18. The molecule has 0 radical (unpaired) electrons. The van der Waals surface area contributed by atoms with Gasteiger partial charge in [-0.15, -0.1) is 0 Å². The monoisotopic (exact) mass is 265 g/mol. The number of carbonyl (C=O) groups is 1. The Morgan fingerprint density at radius 2 is 2.14 bits per heavy atom. The van der Waals surface area contributed by atoms with Crippen LogP contribution < -0.4 is 5.32 Å². The molecule has 0 aliphatic rings. The molecule has 0 atom stereocenters. The third-order valence-corrected chi connectivity index (χ3v) is 2.47. The van der Waals surface area contributed by atoms with Crippen molar-refractivity contribution in [3.63, 3.8) is 0 Å². The normalized spacial score (nSPS) is 11.4. The molecule has 0 bridgehead atoms. The lowest BCUT2D eigenvalue weighted by molar-refractivity contribution is -0.121. The zero-order valence-corrected chi connectivity index (χ0v) is 10.8. The minimum absolute atomic E-state index is 0.104. The number of methoxy groups -OCH3 is 1. The van der Waals surface area contributed by atoms with Gasteiger partial charge < -0.3 is 10.1 Å². The molecule has 1 amide bonds. The van der Waals surface area contributed by atoms with Crippen LogP contribution in [0, 0.1) is 5.41 Å². The Hall–Kier alpha value is -0.0900. The van der Waals surface area contributed by atoms with Crippen LogP contribution in [0.1, 0.15) is 26.7 Å². The fraction of sp³-hybridized carbons (Fsp3) is 0.900. The van der Waals surface area contributed by atoms with Gasteiger partial charge in [-0.1, -0.05) is 29.8 Å². The molecule has 0 fully saturated rings. The summed E-state index contributed by atoms with van der Waals surface area (Å²) in [4.78, 5) is 11.2. The summed E-state index contributed by atoms with van der Waals surface area (Å²) in [6.07, 6.45) is 1.50. The highest BCUT2D eigenvalue weighted by atomic mass is 79.9. The second kappa shape index (κ2) is 7.23. The van der Waals surface area contributed by atoms with Gasteiger partial charge >= 0.3 is 0 Å². The number of hydrogen-bond acceptors (Lipinski definition) is 2. The van der Waals surface area contributed by atoms with Crippen molar-refractivity contribution >= 4 is 21.8 Å². The maximum absolute atomic E-state index is 11.2. The molecule has 0 unspecified atom stereocenters. The van der Waals surface area contributed by atoms with Crippen molar-refractivity contribution in [1.29, 1.82) is 0 Å². The van der Waals surface area contributed by atoms with E-state index in [1.165, 1.54) is 0 Å². The van der Waals surface area contributed by atoms with Crippen molar-refractivity contribution in [2.24, 2.45) is 5.41 Å². The summed E-state index contributed by atoms with van der Waals surface area (Å²) < 4.78 is 5.01. The van der Waals surface area contributed by atoms with Gasteiger partial charge in [0.25, 0.3) is 0 Å². The van der Waals surface area contributed by atoms with Crippen molar-refractivity contribution in [1.82, 2.24) is 5.32 Å². The Kier molecular flexibility index (Phi) is 7.19. The van der Waals surface area contributed by atoms with Gasteiger partial charge in [-0.25, -0.2) is 0 Å². The quantitative estimate of drug-likeness (QED) is 0.715. The maximum atomic E-state index is 11.2. The molecule has 0 spiro atoms. The molecule has 0 aromatic heterocycles. The highest BCUT2D eigenvalue weighted by molar-refractivity contribution is 9.09. The summed E-state index contributed by atoms with van der Waals surface area (Å²) in [6.45, 7) is 5.70. The van der Waals surface area contributed by atoms with Crippen molar-refractivity contribution < 1.29 is 9.53 Å². The molecule has 3 nitrogen and oxygen atoms in total. The molecule has 14 heavy (non-hydrogen) atoms. The van der Waals surface area contributed by atoms with E-state index >= 15 is 0 Å². The number of halogens is 1. The van der Waals surface area contributed by atoms with Crippen LogP contribution in [0.5, 0.6) is 0 Å². The summed E-state index contributed by atoms with van der Waals surface area (Å²) in [5.41, 5.74) is 0.109. The lowest BCUT2D eigenvalue weighted by Gasteiger charge is -2.24. The van der Waals surface area contributed by atoms with E-state index in [1.807, 2.05) is 0 Å². The Morgan fingerprint density at radius 3 is 2.64 bits per heavy atom. The lowest BCUT2D eigenvalue weighted by atomic mass is 9.90. The molecule has 0 aromatic carbocycles. The zero-order chi connectivity index (χ0) is 11.0. The molecule has 0 aliphatic heterocycles. The summed E-state index contributed by atoms with van der Waals surface area (Å²) in [7, 11) is 1.69. The fourth-order valence-electron chi connectivity index (χ4n) is 0.979. The van der Waals surface area contributed by atoms with Crippen LogP contribution in [0.4, 0.5) is 0 Å². The van der Waals surface area contributed by atoms with Crippen LogP contribution in [0.15, 0.2) is 0 Å². The Morgan fingerprint density at radius 1 is 1.50 bits per heavy atom. The van der Waals surface area contributed by atoms with E-state index in [0.29, 0.717) is 13.0 Å². The van der Waals surface area contributed by atoms with Crippen LogP contribution in [0.2, 0.25) is 0 Å². The van der Waals surface area contributed by atoms with Gasteiger partial charge in [-0.3, -0.25) is 4.79 Å². The fourth-order valence-corrected chi connectivity index (χ4v) is 1.34. The number of rotatable bonds is 7. The number of carbonyl (C=O) groups excluding carboxylic acids is 1. The molecule has 0 saturated carbocycles. The predicted octanol–water partition coefficient (Wildman–Crippen LogP) is 1.95. The Balaban J connectivity index is 3.68. The van der Waals surface area contributed by atoms with Crippen LogP contribution in [-0.4, -0.2) is 31.5 Å². The lowest BCUT2D eigenvalue weighted by Crippen LogP contribution is -2.34. The molecule has 0 heterocycles. The van der Waals surface area contributed by atoms with Gasteiger partial charge in [0.2, 0.25) is 5.91 Å². The molecule has 4 heteroatoms. The smallest absolute Gasteiger partial charge is 0.220 e. The van der Waals surface area contributed by atoms with E-state index < -0.39 is 0 Å².